The Bertz CT molecular complexity index is 413. The number of piperidine rings is 1. The second-order valence-corrected chi connectivity index (χ2v) is 7.27. The van der Waals surface area contributed by atoms with E-state index < -0.39 is 5.60 Å². The first-order valence-corrected chi connectivity index (χ1v) is 8.31. The summed E-state index contributed by atoms with van der Waals surface area (Å²) in [5, 5.41) is 13.2. The molecule has 2 saturated heterocycles. The van der Waals surface area contributed by atoms with Crippen molar-refractivity contribution in [1.82, 2.24) is 15.1 Å². The third kappa shape index (κ3) is 4.43. The summed E-state index contributed by atoms with van der Waals surface area (Å²) in [5.41, 5.74) is -0.663. The largest absolute Gasteiger partial charge is 0.390 e. The van der Waals surface area contributed by atoms with Crippen molar-refractivity contribution in [2.45, 2.75) is 51.7 Å². The summed E-state index contributed by atoms with van der Waals surface area (Å²) in [7, 11) is 0. The fourth-order valence-corrected chi connectivity index (χ4v) is 3.11. The van der Waals surface area contributed by atoms with Gasteiger partial charge in [-0.15, -0.1) is 0 Å². The smallest absolute Gasteiger partial charge is 0.242 e. The molecule has 1 atom stereocenters. The number of amides is 2. The van der Waals surface area contributed by atoms with E-state index in [1.165, 1.54) is 0 Å². The molecular formula is C16H29N3O3. The first kappa shape index (κ1) is 17.2. The number of hydrogen-bond donors (Lipinski definition) is 2. The van der Waals surface area contributed by atoms with Crippen LogP contribution in [0.15, 0.2) is 0 Å². The number of nitrogens with one attached hydrogen (secondary N) is 1. The van der Waals surface area contributed by atoms with Crippen molar-refractivity contribution < 1.29 is 14.7 Å². The number of carbonyl (C=O) groups excluding carboxylic acids is 2. The molecule has 2 heterocycles. The summed E-state index contributed by atoms with van der Waals surface area (Å²) in [6, 6.07) is -0.163. The van der Waals surface area contributed by atoms with Crippen molar-refractivity contribution in [3.8, 4) is 0 Å². The lowest BCUT2D eigenvalue weighted by Gasteiger charge is -2.38. The van der Waals surface area contributed by atoms with Crippen LogP contribution in [0.2, 0.25) is 0 Å². The zero-order valence-electron chi connectivity index (χ0n) is 14.0. The summed E-state index contributed by atoms with van der Waals surface area (Å²) in [5.74, 6) is 0.479. The summed E-state index contributed by atoms with van der Waals surface area (Å²) in [6.07, 6.45) is 2.00. The van der Waals surface area contributed by atoms with Gasteiger partial charge in [-0.3, -0.25) is 9.59 Å². The van der Waals surface area contributed by atoms with Crippen LogP contribution >= 0.6 is 0 Å². The van der Waals surface area contributed by atoms with Crippen LogP contribution in [0.5, 0.6) is 0 Å². The van der Waals surface area contributed by atoms with Gasteiger partial charge in [-0.25, -0.2) is 0 Å². The summed E-state index contributed by atoms with van der Waals surface area (Å²) < 4.78 is 0. The average molecular weight is 311 g/mol. The highest BCUT2D eigenvalue weighted by Crippen LogP contribution is 2.21. The molecule has 0 saturated carbocycles. The minimum Gasteiger partial charge on any atom is -0.390 e. The first-order chi connectivity index (χ1) is 10.3. The van der Waals surface area contributed by atoms with Gasteiger partial charge >= 0.3 is 0 Å². The normalized spacial score (nSPS) is 25.7. The van der Waals surface area contributed by atoms with E-state index in [0.29, 0.717) is 38.4 Å². The van der Waals surface area contributed by atoms with Crippen LogP contribution in [0.3, 0.4) is 0 Å². The van der Waals surface area contributed by atoms with Crippen LogP contribution < -0.4 is 5.32 Å². The van der Waals surface area contributed by atoms with Gasteiger partial charge in [0.2, 0.25) is 11.8 Å². The van der Waals surface area contributed by atoms with Crippen LogP contribution in [0.25, 0.3) is 0 Å². The van der Waals surface area contributed by atoms with Crippen LogP contribution in [0.1, 0.15) is 40.0 Å². The van der Waals surface area contributed by atoms with E-state index in [1.54, 1.807) is 9.80 Å². The fraction of sp³-hybridized carbons (Fsp3) is 0.875. The molecule has 6 heteroatoms. The molecule has 0 spiro atoms. The highest BCUT2D eigenvalue weighted by Gasteiger charge is 2.33. The highest BCUT2D eigenvalue weighted by atomic mass is 16.3. The van der Waals surface area contributed by atoms with E-state index in [4.69, 9.17) is 0 Å². The van der Waals surface area contributed by atoms with Gasteiger partial charge in [0.25, 0.3) is 0 Å². The third-order valence-electron chi connectivity index (χ3n) is 4.61. The molecule has 2 aliphatic rings. The van der Waals surface area contributed by atoms with E-state index in [2.05, 4.69) is 19.2 Å². The zero-order chi connectivity index (χ0) is 16.3. The Morgan fingerprint density at radius 3 is 2.59 bits per heavy atom. The SMILES string of the molecule is CC(C)CC1NCCN(CC(=O)N2CCC(C)(O)CC2)C1=O. The van der Waals surface area contributed by atoms with Gasteiger partial charge in [0.15, 0.2) is 0 Å². The molecule has 2 amide bonds. The van der Waals surface area contributed by atoms with Crippen molar-refractivity contribution in [2.24, 2.45) is 5.92 Å². The van der Waals surface area contributed by atoms with Crippen LogP contribution in [0, 0.1) is 5.92 Å². The second kappa shape index (κ2) is 6.96. The molecule has 0 aromatic carbocycles. The lowest BCUT2D eigenvalue weighted by atomic mass is 9.94. The predicted octanol–water partition coefficient (Wildman–Crippen LogP) is 0.206. The molecule has 2 N–H and O–H groups in total. The predicted molar refractivity (Wildman–Crippen MR) is 84.3 cm³/mol. The van der Waals surface area contributed by atoms with Crippen molar-refractivity contribution in [1.29, 1.82) is 0 Å². The molecule has 22 heavy (non-hydrogen) atoms. The molecule has 0 bridgehead atoms. The lowest BCUT2D eigenvalue weighted by molar-refractivity contribution is -0.145. The number of nitrogens with zero attached hydrogens (tertiary/aromatic N) is 2. The Morgan fingerprint density at radius 2 is 2.00 bits per heavy atom. The summed E-state index contributed by atoms with van der Waals surface area (Å²) >= 11 is 0. The maximum absolute atomic E-state index is 12.4. The number of likely N-dealkylation sites (tertiary alicyclic amines) is 1. The fourth-order valence-electron chi connectivity index (χ4n) is 3.11. The molecule has 2 rings (SSSR count). The minimum atomic E-state index is -0.663. The van der Waals surface area contributed by atoms with Crippen molar-refractivity contribution in [2.75, 3.05) is 32.7 Å². The van der Waals surface area contributed by atoms with E-state index in [-0.39, 0.29) is 24.4 Å². The van der Waals surface area contributed by atoms with Gasteiger partial charge in [-0.05, 0) is 32.1 Å². The maximum Gasteiger partial charge on any atom is 0.242 e. The monoisotopic (exact) mass is 311 g/mol. The quantitative estimate of drug-likeness (QED) is 0.778. The summed E-state index contributed by atoms with van der Waals surface area (Å²) in [6.45, 7) is 8.64. The highest BCUT2D eigenvalue weighted by molar-refractivity contribution is 5.88. The van der Waals surface area contributed by atoms with E-state index in [0.717, 1.165) is 13.0 Å². The number of carbonyl (C=O) groups is 2. The van der Waals surface area contributed by atoms with E-state index in [9.17, 15) is 14.7 Å². The molecule has 6 nitrogen and oxygen atoms in total. The Labute approximate surface area is 132 Å². The molecule has 0 aromatic heterocycles. The molecule has 0 radical (unpaired) electrons. The van der Waals surface area contributed by atoms with E-state index >= 15 is 0 Å². The standard InChI is InChI=1S/C16H29N3O3/c1-12(2)10-13-15(21)19(9-6-17-13)11-14(20)18-7-4-16(3,22)5-8-18/h12-13,17,22H,4-11H2,1-3H3. The van der Waals surface area contributed by atoms with Gasteiger partial charge in [0, 0.05) is 26.2 Å². The lowest BCUT2D eigenvalue weighted by Crippen LogP contribution is -2.58. The average Bonchev–Trinajstić information content (AvgIpc) is 2.42. The second-order valence-electron chi connectivity index (χ2n) is 7.27. The zero-order valence-corrected chi connectivity index (χ0v) is 14.0. The van der Waals surface area contributed by atoms with Gasteiger partial charge in [-0.2, -0.15) is 0 Å². The Morgan fingerprint density at radius 1 is 1.36 bits per heavy atom. The van der Waals surface area contributed by atoms with Crippen molar-refractivity contribution in [3.63, 3.8) is 0 Å². The van der Waals surface area contributed by atoms with Gasteiger partial charge < -0.3 is 20.2 Å². The Kier molecular flexibility index (Phi) is 5.45. The van der Waals surface area contributed by atoms with Gasteiger partial charge in [-0.1, -0.05) is 13.8 Å². The Balaban J connectivity index is 1.87. The van der Waals surface area contributed by atoms with Crippen LogP contribution in [0.4, 0.5) is 0 Å². The van der Waals surface area contributed by atoms with Crippen molar-refractivity contribution >= 4 is 11.8 Å². The van der Waals surface area contributed by atoms with Gasteiger partial charge in [0.1, 0.15) is 0 Å². The number of hydrogen-bond acceptors (Lipinski definition) is 4. The van der Waals surface area contributed by atoms with E-state index in [1.807, 2.05) is 6.92 Å². The molecule has 1 unspecified atom stereocenters. The van der Waals surface area contributed by atoms with Crippen LogP contribution in [-0.2, 0) is 9.59 Å². The third-order valence-corrected chi connectivity index (χ3v) is 4.61. The molecule has 2 aliphatic heterocycles. The minimum absolute atomic E-state index is 0.00551. The molecular weight excluding hydrogens is 282 g/mol. The van der Waals surface area contributed by atoms with Crippen molar-refractivity contribution in [3.05, 3.63) is 0 Å². The number of aliphatic hydroxyl groups is 1. The molecule has 0 aromatic rings. The molecule has 126 valence electrons. The molecule has 2 fully saturated rings. The Hall–Kier alpha value is -1.14. The number of rotatable bonds is 4. The number of piperazine rings is 1. The first-order valence-electron chi connectivity index (χ1n) is 8.31. The summed E-state index contributed by atoms with van der Waals surface area (Å²) in [4.78, 5) is 28.3. The molecule has 0 aliphatic carbocycles. The van der Waals surface area contributed by atoms with Gasteiger partial charge in [0.05, 0.1) is 18.2 Å². The van der Waals surface area contributed by atoms with Crippen LogP contribution in [-0.4, -0.2) is 71.1 Å². The maximum atomic E-state index is 12.4. The topological polar surface area (TPSA) is 72.9 Å².